The van der Waals surface area contributed by atoms with Gasteiger partial charge in [-0.25, -0.2) is 10.5 Å². The van der Waals surface area contributed by atoms with E-state index in [9.17, 15) is 4.79 Å². The number of carbonyl (C=O) groups is 1. The number of hydroxylamine groups is 1. The molecule has 1 aromatic carbocycles. The Morgan fingerprint density at radius 1 is 1.44 bits per heavy atom. The summed E-state index contributed by atoms with van der Waals surface area (Å²) in [7, 11) is 0. The van der Waals surface area contributed by atoms with Gasteiger partial charge in [0.15, 0.2) is 5.13 Å². The van der Waals surface area contributed by atoms with Crippen LogP contribution in [0.1, 0.15) is 20.9 Å². The molecule has 0 bridgehead atoms. The van der Waals surface area contributed by atoms with E-state index in [-0.39, 0.29) is 5.91 Å². The molecule has 0 aliphatic heterocycles. The first-order valence-electron chi connectivity index (χ1n) is 5.36. The summed E-state index contributed by atoms with van der Waals surface area (Å²) >= 11 is 1.14. The third-order valence-electron chi connectivity index (χ3n) is 2.27. The van der Waals surface area contributed by atoms with Crippen LogP contribution in [0.2, 0.25) is 0 Å². The lowest BCUT2D eigenvalue weighted by Crippen LogP contribution is -2.23. The first kappa shape index (κ1) is 12.5. The molecule has 0 aliphatic rings. The number of amides is 1. The lowest BCUT2D eigenvalue weighted by Gasteiger charge is -2.04. The molecule has 0 atom stereocenters. The average Bonchev–Trinajstić information content (AvgIpc) is 2.70. The molecule has 5 nitrogen and oxygen atoms in total. The first-order valence-corrected chi connectivity index (χ1v) is 6.17. The maximum atomic E-state index is 11.7. The number of hydrogen-bond acceptors (Lipinski definition) is 5. The first-order chi connectivity index (χ1) is 8.66. The fraction of sp³-hybridized carbons (Fsp3) is 0.167. The van der Waals surface area contributed by atoms with Gasteiger partial charge in [0.2, 0.25) is 0 Å². The SMILES string of the molecule is Cc1nc(N)sc1C(=O)NOCc1ccccc1. The van der Waals surface area contributed by atoms with Crippen molar-refractivity contribution in [2.24, 2.45) is 0 Å². The fourth-order valence-electron chi connectivity index (χ4n) is 1.43. The van der Waals surface area contributed by atoms with E-state index in [1.165, 1.54) is 0 Å². The highest BCUT2D eigenvalue weighted by molar-refractivity contribution is 7.17. The minimum Gasteiger partial charge on any atom is -0.375 e. The van der Waals surface area contributed by atoms with Crippen molar-refractivity contribution in [3.8, 4) is 0 Å². The number of thiazole rings is 1. The van der Waals surface area contributed by atoms with Crippen LogP contribution >= 0.6 is 11.3 Å². The van der Waals surface area contributed by atoms with Crippen LogP contribution in [0.25, 0.3) is 0 Å². The molecule has 18 heavy (non-hydrogen) atoms. The molecule has 2 aromatic rings. The predicted octanol–water partition coefficient (Wildman–Crippen LogP) is 1.90. The number of nitrogens with zero attached hydrogens (tertiary/aromatic N) is 1. The van der Waals surface area contributed by atoms with Crippen molar-refractivity contribution in [2.45, 2.75) is 13.5 Å². The monoisotopic (exact) mass is 263 g/mol. The summed E-state index contributed by atoms with van der Waals surface area (Å²) < 4.78 is 0. The number of nitrogens with two attached hydrogens (primary N) is 1. The van der Waals surface area contributed by atoms with Gasteiger partial charge in [-0.15, -0.1) is 0 Å². The van der Waals surface area contributed by atoms with Gasteiger partial charge >= 0.3 is 0 Å². The Morgan fingerprint density at radius 2 is 2.17 bits per heavy atom. The molecule has 0 radical (unpaired) electrons. The van der Waals surface area contributed by atoms with Crippen molar-refractivity contribution in [1.29, 1.82) is 0 Å². The Balaban J connectivity index is 1.87. The standard InChI is InChI=1S/C12H13N3O2S/c1-8-10(18-12(13)14-8)11(16)15-17-7-9-5-3-2-4-6-9/h2-6H,7H2,1H3,(H2,13,14)(H,15,16). The predicted molar refractivity (Wildman–Crippen MR) is 70.0 cm³/mol. The fourth-order valence-corrected chi connectivity index (χ4v) is 2.15. The van der Waals surface area contributed by atoms with Crippen LogP contribution in [0.5, 0.6) is 0 Å². The van der Waals surface area contributed by atoms with Gasteiger partial charge < -0.3 is 5.73 Å². The van der Waals surface area contributed by atoms with Gasteiger partial charge in [-0.2, -0.15) is 0 Å². The van der Waals surface area contributed by atoms with Crippen molar-refractivity contribution < 1.29 is 9.63 Å². The zero-order chi connectivity index (χ0) is 13.0. The topological polar surface area (TPSA) is 77.2 Å². The zero-order valence-corrected chi connectivity index (χ0v) is 10.7. The molecule has 3 N–H and O–H groups in total. The lowest BCUT2D eigenvalue weighted by atomic mass is 10.2. The van der Waals surface area contributed by atoms with E-state index in [4.69, 9.17) is 10.6 Å². The number of anilines is 1. The normalized spacial score (nSPS) is 10.3. The van der Waals surface area contributed by atoms with Gasteiger partial charge in [-0.05, 0) is 12.5 Å². The number of aromatic nitrogens is 1. The second kappa shape index (κ2) is 5.61. The van der Waals surface area contributed by atoms with Gasteiger partial charge in [-0.1, -0.05) is 41.7 Å². The molecular weight excluding hydrogens is 250 g/mol. The summed E-state index contributed by atoms with van der Waals surface area (Å²) in [5.41, 5.74) is 9.50. The summed E-state index contributed by atoms with van der Waals surface area (Å²) in [6.45, 7) is 2.05. The molecule has 0 saturated heterocycles. The van der Waals surface area contributed by atoms with E-state index in [1.54, 1.807) is 6.92 Å². The zero-order valence-electron chi connectivity index (χ0n) is 9.84. The number of carbonyl (C=O) groups excluding carboxylic acids is 1. The highest BCUT2D eigenvalue weighted by atomic mass is 32.1. The third-order valence-corrected chi connectivity index (χ3v) is 3.25. The molecule has 1 aromatic heterocycles. The van der Waals surface area contributed by atoms with Crippen molar-refractivity contribution in [2.75, 3.05) is 5.73 Å². The number of hydrogen-bond donors (Lipinski definition) is 2. The minimum atomic E-state index is -0.322. The number of nitrogens with one attached hydrogen (secondary N) is 1. The Morgan fingerprint density at radius 3 is 2.78 bits per heavy atom. The lowest BCUT2D eigenvalue weighted by molar-refractivity contribution is 0.0236. The van der Waals surface area contributed by atoms with E-state index in [2.05, 4.69) is 10.5 Å². The summed E-state index contributed by atoms with van der Waals surface area (Å²) in [5.74, 6) is -0.322. The van der Waals surface area contributed by atoms with Crippen LogP contribution in [0.15, 0.2) is 30.3 Å². The Kier molecular flexibility index (Phi) is 3.91. The molecule has 0 aliphatic carbocycles. The number of benzene rings is 1. The van der Waals surface area contributed by atoms with Gasteiger partial charge in [0.25, 0.3) is 5.91 Å². The molecule has 6 heteroatoms. The van der Waals surface area contributed by atoms with E-state index < -0.39 is 0 Å². The van der Waals surface area contributed by atoms with E-state index in [1.807, 2.05) is 30.3 Å². The molecule has 1 heterocycles. The number of aryl methyl sites for hydroxylation is 1. The van der Waals surface area contributed by atoms with Gasteiger partial charge in [0.1, 0.15) is 4.88 Å². The van der Waals surface area contributed by atoms with Crippen LogP contribution in [-0.2, 0) is 11.4 Å². The van der Waals surface area contributed by atoms with E-state index in [0.717, 1.165) is 16.9 Å². The van der Waals surface area contributed by atoms with Gasteiger partial charge in [0, 0.05) is 0 Å². The Bertz CT molecular complexity index is 540. The van der Waals surface area contributed by atoms with Crippen molar-refractivity contribution >= 4 is 22.4 Å². The second-order valence-corrected chi connectivity index (χ2v) is 4.70. The summed E-state index contributed by atoms with van der Waals surface area (Å²) in [6, 6.07) is 9.58. The van der Waals surface area contributed by atoms with Crippen molar-refractivity contribution in [3.05, 3.63) is 46.5 Å². The summed E-state index contributed by atoms with van der Waals surface area (Å²) in [5, 5.41) is 0.376. The van der Waals surface area contributed by atoms with Crippen LogP contribution in [0, 0.1) is 6.92 Å². The number of rotatable bonds is 4. The average molecular weight is 263 g/mol. The van der Waals surface area contributed by atoms with E-state index >= 15 is 0 Å². The molecular formula is C12H13N3O2S. The Hall–Kier alpha value is -1.92. The van der Waals surface area contributed by atoms with E-state index in [0.29, 0.717) is 22.3 Å². The molecule has 0 unspecified atom stereocenters. The minimum absolute atomic E-state index is 0.319. The molecule has 0 spiro atoms. The van der Waals surface area contributed by atoms with Crippen LogP contribution in [-0.4, -0.2) is 10.9 Å². The van der Waals surface area contributed by atoms with Crippen LogP contribution in [0.3, 0.4) is 0 Å². The van der Waals surface area contributed by atoms with Crippen molar-refractivity contribution in [3.63, 3.8) is 0 Å². The third kappa shape index (κ3) is 3.06. The molecule has 0 saturated carbocycles. The molecule has 1 amide bonds. The quantitative estimate of drug-likeness (QED) is 0.826. The molecule has 2 rings (SSSR count). The van der Waals surface area contributed by atoms with Crippen molar-refractivity contribution in [1.82, 2.24) is 10.5 Å². The maximum absolute atomic E-state index is 11.7. The molecule has 94 valence electrons. The molecule has 0 fully saturated rings. The highest BCUT2D eigenvalue weighted by Crippen LogP contribution is 2.19. The van der Waals surface area contributed by atoms with Gasteiger partial charge in [-0.3, -0.25) is 9.63 Å². The highest BCUT2D eigenvalue weighted by Gasteiger charge is 2.13. The summed E-state index contributed by atoms with van der Waals surface area (Å²) in [4.78, 5) is 21.3. The second-order valence-electron chi connectivity index (χ2n) is 3.67. The van der Waals surface area contributed by atoms with Crippen LogP contribution in [0.4, 0.5) is 5.13 Å². The van der Waals surface area contributed by atoms with Crippen LogP contribution < -0.4 is 11.2 Å². The summed E-state index contributed by atoms with van der Waals surface area (Å²) in [6.07, 6.45) is 0. The smallest absolute Gasteiger partial charge is 0.286 e. The Labute approximate surface area is 109 Å². The number of nitrogen functional groups attached to an aromatic ring is 1. The largest absolute Gasteiger partial charge is 0.375 e. The maximum Gasteiger partial charge on any atom is 0.286 e. The van der Waals surface area contributed by atoms with Gasteiger partial charge in [0.05, 0.1) is 12.3 Å².